The van der Waals surface area contributed by atoms with Crippen LogP contribution in [0, 0.1) is 16.7 Å². The van der Waals surface area contributed by atoms with Crippen molar-refractivity contribution in [1.29, 1.82) is 0 Å². The van der Waals surface area contributed by atoms with Crippen LogP contribution in [0.4, 0.5) is 0 Å². The second kappa shape index (κ2) is 8.06. The van der Waals surface area contributed by atoms with Gasteiger partial charge in [0.2, 0.25) is 15.9 Å². The van der Waals surface area contributed by atoms with Crippen LogP contribution in [0.3, 0.4) is 0 Å². The summed E-state index contributed by atoms with van der Waals surface area (Å²) in [5.41, 5.74) is 8.09. The fourth-order valence-electron chi connectivity index (χ4n) is 7.91. The van der Waals surface area contributed by atoms with Crippen LogP contribution in [0.5, 0.6) is 0 Å². The van der Waals surface area contributed by atoms with Gasteiger partial charge in [-0.25, -0.2) is 12.7 Å². The molecule has 182 valence electrons. The quantitative estimate of drug-likeness (QED) is 0.664. The first kappa shape index (κ1) is 23.3. The van der Waals surface area contributed by atoms with Crippen LogP contribution in [0.2, 0.25) is 0 Å². The highest BCUT2D eigenvalue weighted by Crippen LogP contribution is 2.66. The number of benzene rings is 1. The fourth-order valence-corrected chi connectivity index (χ4v) is 10.2. The number of hydrogen-bond donors (Lipinski definition) is 2. The molecule has 7 heteroatoms. The van der Waals surface area contributed by atoms with Gasteiger partial charge < -0.3 is 11.1 Å². The van der Waals surface area contributed by atoms with E-state index < -0.39 is 15.4 Å². The number of rotatable bonds is 6. The number of carbonyl (C=O) groups excluding carboxylic acids is 1. The van der Waals surface area contributed by atoms with Gasteiger partial charge in [0, 0.05) is 37.5 Å². The van der Waals surface area contributed by atoms with Crippen LogP contribution < -0.4 is 11.1 Å². The summed E-state index contributed by atoms with van der Waals surface area (Å²) in [6, 6.07) is 8.62. The first-order valence-corrected chi connectivity index (χ1v) is 14.3. The molecule has 1 aromatic rings. The lowest BCUT2D eigenvalue weighted by Crippen LogP contribution is -2.55. The molecule has 0 radical (unpaired) electrons. The monoisotopic (exact) mass is 473 g/mol. The lowest BCUT2D eigenvalue weighted by atomic mass is 9.69. The molecule has 3 fully saturated rings. The van der Waals surface area contributed by atoms with Crippen LogP contribution >= 0.6 is 0 Å². The maximum absolute atomic E-state index is 13.8. The summed E-state index contributed by atoms with van der Waals surface area (Å²) < 4.78 is 29.4. The molecular formula is C26H39N3O3S. The molecule has 0 unspecified atom stereocenters. The van der Waals surface area contributed by atoms with Gasteiger partial charge in [-0.1, -0.05) is 38.1 Å². The molecule has 2 bridgehead atoms. The zero-order valence-corrected chi connectivity index (χ0v) is 20.9. The number of piperidine rings is 1. The Morgan fingerprint density at radius 2 is 1.88 bits per heavy atom. The summed E-state index contributed by atoms with van der Waals surface area (Å²) in [5, 5.41) is 3.18. The van der Waals surface area contributed by atoms with Crippen molar-refractivity contribution in [3.8, 4) is 0 Å². The first-order chi connectivity index (χ1) is 15.6. The molecule has 1 aromatic carbocycles. The van der Waals surface area contributed by atoms with E-state index in [1.54, 1.807) is 4.31 Å². The Morgan fingerprint density at radius 1 is 1.15 bits per heavy atom. The third kappa shape index (κ3) is 3.57. The predicted octanol–water partition coefficient (Wildman–Crippen LogP) is 2.96. The Morgan fingerprint density at radius 3 is 2.58 bits per heavy atom. The minimum Gasteiger partial charge on any atom is -0.353 e. The molecule has 3 aliphatic carbocycles. The Labute approximate surface area is 198 Å². The van der Waals surface area contributed by atoms with E-state index in [0.717, 1.165) is 44.9 Å². The highest BCUT2D eigenvalue weighted by Gasteiger charge is 2.66. The normalized spacial score (nSPS) is 32.2. The highest BCUT2D eigenvalue weighted by molar-refractivity contribution is 7.89. The Bertz CT molecular complexity index is 1030. The van der Waals surface area contributed by atoms with Gasteiger partial charge in [0.05, 0.1) is 5.75 Å². The highest BCUT2D eigenvalue weighted by atomic mass is 32.2. The summed E-state index contributed by atoms with van der Waals surface area (Å²) >= 11 is 0. The van der Waals surface area contributed by atoms with E-state index in [1.807, 2.05) is 0 Å². The molecule has 33 heavy (non-hydrogen) atoms. The van der Waals surface area contributed by atoms with Crippen molar-refractivity contribution in [3.05, 3.63) is 35.4 Å². The van der Waals surface area contributed by atoms with Crippen molar-refractivity contribution in [3.63, 3.8) is 0 Å². The number of hydrogen-bond acceptors (Lipinski definition) is 4. The van der Waals surface area contributed by atoms with E-state index in [1.165, 1.54) is 11.1 Å². The molecule has 3 atom stereocenters. The van der Waals surface area contributed by atoms with Crippen LogP contribution in [0.25, 0.3) is 0 Å². The zero-order chi connectivity index (χ0) is 23.5. The average molecular weight is 474 g/mol. The minimum atomic E-state index is -3.43. The molecule has 0 aromatic heterocycles. The number of nitrogens with zero attached hydrogens (tertiary/aromatic N) is 1. The standard InChI is InChI=1S/C26H39N3O3S/c1-24(2)20-8-11-26(24,22(17-20)28-23(30)9-14-27)18-33(31,32)29-15-12-25(13-16-29)10-7-19-5-3-4-6-21(19)25/h3-6,20,22H,7-18,27H2,1-2H3,(H,28,30)/t20-,22+,26-/m1/s1. The number of aryl methyl sites for hydroxylation is 1. The van der Waals surface area contributed by atoms with E-state index in [0.29, 0.717) is 32.0 Å². The smallest absolute Gasteiger partial charge is 0.221 e. The molecule has 6 nitrogen and oxygen atoms in total. The third-order valence-electron chi connectivity index (χ3n) is 10.1. The lowest BCUT2D eigenvalue weighted by molar-refractivity contribution is -0.122. The number of fused-ring (bicyclic) bond motifs is 4. The largest absolute Gasteiger partial charge is 0.353 e. The van der Waals surface area contributed by atoms with Crippen molar-refractivity contribution in [2.45, 2.75) is 76.7 Å². The number of nitrogens with two attached hydrogens (primary N) is 1. The SMILES string of the molecule is CC1(C)[C@@H]2CC[C@@]1(CS(=O)(=O)N1CCC3(CCc4ccccc43)CC1)[C@@H](NC(=O)CCN)C2. The molecule has 5 rings (SSSR count). The van der Waals surface area contributed by atoms with Gasteiger partial charge in [0.1, 0.15) is 0 Å². The second-order valence-electron chi connectivity index (χ2n) is 11.6. The summed E-state index contributed by atoms with van der Waals surface area (Å²) in [4.78, 5) is 12.4. The summed E-state index contributed by atoms with van der Waals surface area (Å²) in [6.45, 7) is 5.95. The molecule has 3 N–H and O–H groups in total. The Kier molecular flexibility index (Phi) is 5.69. The van der Waals surface area contributed by atoms with Crippen molar-refractivity contribution in [2.75, 3.05) is 25.4 Å². The summed E-state index contributed by atoms with van der Waals surface area (Å²) in [7, 11) is -3.43. The molecule has 2 saturated carbocycles. The summed E-state index contributed by atoms with van der Waals surface area (Å²) in [6.07, 6.45) is 7.12. The van der Waals surface area contributed by atoms with Crippen LogP contribution in [-0.4, -0.2) is 50.1 Å². The number of carbonyl (C=O) groups is 1. The fraction of sp³-hybridized carbons (Fsp3) is 0.731. The van der Waals surface area contributed by atoms with Crippen LogP contribution in [0.15, 0.2) is 24.3 Å². The van der Waals surface area contributed by atoms with E-state index in [-0.39, 0.29) is 28.5 Å². The van der Waals surface area contributed by atoms with Gasteiger partial charge >= 0.3 is 0 Å². The summed E-state index contributed by atoms with van der Waals surface area (Å²) in [5.74, 6) is 0.540. The number of amides is 1. The van der Waals surface area contributed by atoms with E-state index in [2.05, 4.69) is 43.4 Å². The molecule has 1 saturated heterocycles. The minimum absolute atomic E-state index is 0.0533. The predicted molar refractivity (Wildman–Crippen MR) is 130 cm³/mol. The molecule has 1 heterocycles. The molecule has 4 aliphatic rings. The molecule has 1 amide bonds. The number of nitrogens with one attached hydrogen (secondary N) is 1. The van der Waals surface area contributed by atoms with Crippen molar-refractivity contribution in [2.24, 2.45) is 22.5 Å². The molecule has 1 aliphatic heterocycles. The second-order valence-corrected chi connectivity index (χ2v) is 13.6. The van der Waals surface area contributed by atoms with Crippen LogP contribution in [-0.2, 0) is 26.7 Å². The van der Waals surface area contributed by atoms with Crippen LogP contribution in [0.1, 0.15) is 69.9 Å². The maximum atomic E-state index is 13.8. The van der Waals surface area contributed by atoms with Crippen molar-refractivity contribution < 1.29 is 13.2 Å². The van der Waals surface area contributed by atoms with E-state index >= 15 is 0 Å². The molecular weight excluding hydrogens is 434 g/mol. The maximum Gasteiger partial charge on any atom is 0.221 e. The van der Waals surface area contributed by atoms with Gasteiger partial charge in [-0.2, -0.15) is 0 Å². The zero-order valence-electron chi connectivity index (χ0n) is 20.1. The van der Waals surface area contributed by atoms with Crippen molar-refractivity contribution in [1.82, 2.24) is 9.62 Å². The van der Waals surface area contributed by atoms with Gasteiger partial charge in [0.25, 0.3) is 0 Å². The Balaban J connectivity index is 1.34. The van der Waals surface area contributed by atoms with Gasteiger partial charge in [0.15, 0.2) is 0 Å². The first-order valence-electron chi connectivity index (χ1n) is 12.7. The average Bonchev–Trinajstić information content (AvgIpc) is 3.31. The molecule has 1 spiro atoms. The van der Waals surface area contributed by atoms with Crippen molar-refractivity contribution >= 4 is 15.9 Å². The topological polar surface area (TPSA) is 92.5 Å². The van der Waals surface area contributed by atoms with Gasteiger partial charge in [-0.05, 0) is 72.8 Å². The Hall–Kier alpha value is -1.44. The van der Waals surface area contributed by atoms with E-state index in [4.69, 9.17) is 5.73 Å². The number of sulfonamides is 1. The van der Waals surface area contributed by atoms with Gasteiger partial charge in [-0.3, -0.25) is 4.79 Å². The van der Waals surface area contributed by atoms with E-state index in [9.17, 15) is 13.2 Å². The lowest BCUT2D eigenvalue weighted by Gasteiger charge is -2.45. The van der Waals surface area contributed by atoms with Gasteiger partial charge in [-0.15, -0.1) is 0 Å². The third-order valence-corrected chi connectivity index (χ3v) is 12.1.